The van der Waals surface area contributed by atoms with Crippen molar-refractivity contribution >= 4 is 0 Å². The first kappa shape index (κ1) is 9.54. The molecule has 1 aliphatic rings. The van der Waals surface area contributed by atoms with E-state index < -0.39 is 0 Å². The lowest BCUT2D eigenvalue weighted by atomic mass is 10.1. The van der Waals surface area contributed by atoms with Gasteiger partial charge >= 0.3 is 0 Å². The van der Waals surface area contributed by atoms with Gasteiger partial charge < -0.3 is 0 Å². The second-order valence-corrected chi connectivity index (χ2v) is 3.65. The molecule has 0 saturated carbocycles. The molecule has 2 atom stereocenters. The largest absolute Gasteiger partial charge is 0.297 e. The Bertz CT molecular complexity index is 171. The molecule has 0 bridgehead atoms. The molecule has 1 fully saturated rings. The Morgan fingerprint density at radius 2 is 2.42 bits per heavy atom. The molecule has 1 heterocycles. The van der Waals surface area contributed by atoms with E-state index in [9.17, 15) is 0 Å². The summed E-state index contributed by atoms with van der Waals surface area (Å²) < 4.78 is 0. The second-order valence-electron chi connectivity index (χ2n) is 3.65. The molecule has 0 aromatic rings. The second kappa shape index (κ2) is 4.47. The summed E-state index contributed by atoms with van der Waals surface area (Å²) in [5.74, 6) is 0. The monoisotopic (exact) mass is 166 g/mol. The number of hydrogen-bond acceptors (Lipinski definition) is 2. The third-order valence-corrected chi connectivity index (χ3v) is 2.87. The van der Waals surface area contributed by atoms with E-state index in [2.05, 4.69) is 24.8 Å². The van der Waals surface area contributed by atoms with Gasteiger partial charge in [0.15, 0.2) is 0 Å². The summed E-state index contributed by atoms with van der Waals surface area (Å²) in [6, 6.07) is 3.48. The van der Waals surface area contributed by atoms with Crippen LogP contribution in [0, 0.1) is 11.3 Å². The van der Waals surface area contributed by atoms with Crippen LogP contribution in [0.4, 0.5) is 0 Å². The third-order valence-electron chi connectivity index (χ3n) is 2.87. The molecular weight excluding hydrogens is 148 g/mol. The maximum absolute atomic E-state index is 8.64. The van der Waals surface area contributed by atoms with Crippen LogP contribution < -0.4 is 0 Å². The number of likely N-dealkylation sites (tertiary alicyclic amines) is 1. The van der Waals surface area contributed by atoms with E-state index in [0.717, 1.165) is 6.42 Å². The van der Waals surface area contributed by atoms with Crippen molar-refractivity contribution in [3.63, 3.8) is 0 Å². The summed E-state index contributed by atoms with van der Waals surface area (Å²) in [7, 11) is 0. The Morgan fingerprint density at radius 1 is 1.67 bits per heavy atom. The molecule has 68 valence electrons. The molecule has 1 saturated heterocycles. The normalized spacial score (nSPS) is 26.9. The lowest BCUT2D eigenvalue weighted by molar-refractivity contribution is 0.187. The standard InChI is InChI=1S/C10H18N2/c1-3-10(6-7-11)12-8-4-5-9(12)2/h9-10H,3-6,8H2,1-2H3. The van der Waals surface area contributed by atoms with E-state index in [-0.39, 0.29) is 0 Å². The van der Waals surface area contributed by atoms with Gasteiger partial charge in [-0.15, -0.1) is 0 Å². The fourth-order valence-corrected chi connectivity index (χ4v) is 2.10. The lowest BCUT2D eigenvalue weighted by Gasteiger charge is -2.28. The first-order valence-corrected chi connectivity index (χ1v) is 4.92. The van der Waals surface area contributed by atoms with Crippen molar-refractivity contribution in [1.82, 2.24) is 4.90 Å². The maximum atomic E-state index is 8.64. The van der Waals surface area contributed by atoms with Gasteiger partial charge in [0.05, 0.1) is 12.5 Å². The smallest absolute Gasteiger partial charge is 0.0638 e. The average Bonchev–Trinajstić information content (AvgIpc) is 2.47. The molecular formula is C10H18N2. The van der Waals surface area contributed by atoms with Gasteiger partial charge in [-0.05, 0) is 32.7 Å². The summed E-state index contributed by atoms with van der Waals surface area (Å²) in [5, 5.41) is 8.64. The molecule has 1 aliphatic heterocycles. The zero-order valence-corrected chi connectivity index (χ0v) is 8.08. The van der Waals surface area contributed by atoms with Crippen LogP contribution in [0.3, 0.4) is 0 Å². The van der Waals surface area contributed by atoms with Crippen molar-refractivity contribution in [1.29, 1.82) is 5.26 Å². The average molecular weight is 166 g/mol. The van der Waals surface area contributed by atoms with Crippen molar-refractivity contribution in [3.8, 4) is 6.07 Å². The minimum Gasteiger partial charge on any atom is -0.297 e. The van der Waals surface area contributed by atoms with Gasteiger partial charge in [-0.3, -0.25) is 4.90 Å². The molecule has 1 rings (SSSR count). The summed E-state index contributed by atoms with van der Waals surface area (Å²) >= 11 is 0. The van der Waals surface area contributed by atoms with E-state index in [4.69, 9.17) is 5.26 Å². The van der Waals surface area contributed by atoms with Gasteiger partial charge in [0.1, 0.15) is 0 Å². The van der Waals surface area contributed by atoms with Crippen LogP contribution in [0.25, 0.3) is 0 Å². The minimum absolute atomic E-state index is 0.507. The maximum Gasteiger partial charge on any atom is 0.0638 e. The molecule has 0 N–H and O–H groups in total. The van der Waals surface area contributed by atoms with Gasteiger partial charge in [-0.25, -0.2) is 0 Å². The predicted molar refractivity (Wildman–Crippen MR) is 49.7 cm³/mol. The molecule has 0 aliphatic carbocycles. The fourth-order valence-electron chi connectivity index (χ4n) is 2.10. The first-order chi connectivity index (χ1) is 5.79. The van der Waals surface area contributed by atoms with Crippen LogP contribution in [-0.4, -0.2) is 23.5 Å². The fraction of sp³-hybridized carbons (Fsp3) is 0.900. The van der Waals surface area contributed by atoms with E-state index in [1.807, 2.05) is 0 Å². The van der Waals surface area contributed by atoms with Crippen molar-refractivity contribution < 1.29 is 0 Å². The van der Waals surface area contributed by atoms with E-state index in [1.165, 1.54) is 19.4 Å². The van der Waals surface area contributed by atoms with Crippen LogP contribution in [-0.2, 0) is 0 Å². The molecule has 2 unspecified atom stereocenters. The van der Waals surface area contributed by atoms with Crippen molar-refractivity contribution in [2.75, 3.05) is 6.54 Å². The molecule has 2 nitrogen and oxygen atoms in total. The highest BCUT2D eigenvalue weighted by Gasteiger charge is 2.25. The van der Waals surface area contributed by atoms with Crippen LogP contribution in [0.2, 0.25) is 0 Å². The third kappa shape index (κ3) is 1.98. The molecule has 0 radical (unpaired) electrons. The Balaban J connectivity index is 2.47. The van der Waals surface area contributed by atoms with Crippen molar-refractivity contribution in [3.05, 3.63) is 0 Å². The summed E-state index contributed by atoms with van der Waals surface area (Å²) in [6.45, 7) is 5.64. The van der Waals surface area contributed by atoms with Crippen LogP contribution >= 0.6 is 0 Å². The molecule has 0 amide bonds. The first-order valence-electron chi connectivity index (χ1n) is 4.92. The SMILES string of the molecule is CCC(CC#N)N1CCCC1C. The van der Waals surface area contributed by atoms with Crippen LogP contribution in [0.15, 0.2) is 0 Å². The van der Waals surface area contributed by atoms with E-state index in [0.29, 0.717) is 18.5 Å². The number of rotatable bonds is 3. The van der Waals surface area contributed by atoms with Crippen molar-refractivity contribution in [2.45, 2.75) is 51.6 Å². The highest BCUT2D eigenvalue weighted by Crippen LogP contribution is 2.22. The summed E-state index contributed by atoms with van der Waals surface area (Å²) in [5.41, 5.74) is 0. The Labute approximate surface area is 75.2 Å². The van der Waals surface area contributed by atoms with E-state index in [1.54, 1.807) is 0 Å². The van der Waals surface area contributed by atoms with Crippen LogP contribution in [0.1, 0.15) is 39.5 Å². The topological polar surface area (TPSA) is 27.0 Å². The molecule has 0 spiro atoms. The Hall–Kier alpha value is -0.550. The predicted octanol–water partition coefficient (Wildman–Crippen LogP) is 2.16. The lowest BCUT2D eigenvalue weighted by Crippen LogP contribution is -2.36. The zero-order valence-electron chi connectivity index (χ0n) is 8.08. The number of hydrogen-bond donors (Lipinski definition) is 0. The Morgan fingerprint density at radius 3 is 2.83 bits per heavy atom. The van der Waals surface area contributed by atoms with Gasteiger partial charge in [-0.2, -0.15) is 5.26 Å². The number of nitriles is 1. The molecule has 12 heavy (non-hydrogen) atoms. The highest BCUT2D eigenvalue weighted by atomic mass is 15.2. The van der Waals surface area contributed by atoms with E-state index >= 15 is 0 Å². The minimum atomic E-state index is 0.507. The summed E-state index contributed by atoms with van der Waals surface area (Å²) in [6.07, 6.45) is 4.42. The quantitative estimate of drug-likeness (QED) is 0.642. The summed E-state index contributed by atoms with van der Waals surface area (Å²) in [4.78, 5) is 2.49. The molecule has 0 aromatic heterocycles. The highest BCUT2D eigenvalue weighted by molar-refractivity contribution is 4.87. The van der Waals surface area contributed by atoms with Crippen molar-refractivity contribution in [2.24, 2.45) is 0 Å². The number of nitrogens with zero attached hydrogens (tertiary/aromatic N) is 2. The van der Waals surface area contributed by atoms with Gasteiger partial charge in [0, 0.05) is 12.1 Å². The molecule has 0 aromatic carbocycles. The van der Waals surface area contributed by atoms with Gasteiger partial charge in [0.25, 0.3) is 0 Å². The Kier molecular flexibility index (Phi) is 3.55. The van der Waals surface area contributed by atoms with Crippen LogP contribution in [0.5, 0.6) is 0 Å². The zero-order chi connectivity index (χ0) is 8.97. The van der Waals surface area contributed by atoms with Gasteiger partial charge in [0.2, 0.25) is 0 Å². The molecule has 2 heteroatoms. The van der Waals surface area contributed by atoms with Gasteiger partial charge in [-0.1, -0.05) is 6.92 Å².